The number of alkyl halides is 3. The topological polar surface area (TPSA) is 172 Å². The number of aromatic nitrogens is 3. The molecule has 2 heterocycles. The van der Waals surface area contributed by atoms with Crippen molar-refractivity contribution in [1.82, 2.24) is 18.2 Å². The Bertz CT molecular complexity index is 2280. The molecule has 2 aromatic heterocycles. The van der Waals surface area contributed by atoms with Gasteiger partial charge in [-0.3, -0.25) is 24.3 Å². The summed E-state index contributed by atoms with van der Waals surface area (Å²) in [6, 6.07) is 13.6. The van der Waals surface area contributed by atoms with Gasteiger partial charge in [0.1, 0.15) is 11.4 Å². The minimum absolute atomic E-state index is 0.0193. The maximum Gasteiger partial charge on any atom is 0.431 e. The van der Waals surface area contributed by atoms with Gasteiger partial charge in [0.25, 0.3) is 27.2 Å². The van der Waals surface area contributed by atoms with Gasteiger partial charge in [-0.05, 0) is 54.9 Å². The van der Waals surface area contributed by atoms with E-state index in [4.69, 9.17) is 4.74 Å². The highest BCUT2D eigenvalue weighted by atomic mass is 32.2. The molecule has 238 valence electrons. The fourth-order valence-electron chi connectivity index (χ4n) is 4.50. The molecule has 0 fully saturated rings. The standard InChI is InChI=1S/C28H20F3N5O8S2/c1-15-6-8-21(44-14-24(37)33-46(42,43)18-5-3-4-17(11-18)36(40)41)19(10-15)26-20-12-16(7-9-22(20)45-32-26)35-25(38)13-23(28(29,30)31)34(2)27(35)39/h3-13H,14H2,1-2H3,(H,33,37). The van der Waals surface area contributed by atoms with Gasteiger partial charge in [-0.2, -0.15) is 17.5 Å². The molecule has 0 spiro atoms. The highest BCUT2D eigenvalue weighted by Crippen LogP contribution is 2.38. The second kappa shape index (κ2) is 11.9. The van der Waals surface area contributed by atoms with Gasteiger partial charge in [-0.15, -0.1) is 0 Å². The van der Waals surface area contributed by atoms with Crippen LogP contribution in [-0.2, 0) is 28.0 Å². The maximum absolute atomic E-state index is 13.3. The first-order valence-electron chi connectivity index (χ1n) is 12.9. The van der Waals surface area contributed by atoms with Crippen molar-refractivity contribution in [2.24, 2.45) is 7.05 Å². The van der Waals surface area contributed by atoms with E-state index in [-0.39, 0.29) is 11.4 Å². The number of carbonyl (C=O) groups is 1. The van der Waals surface area contributed by atoms with Crippen LogP contribution in [0.3, 0.4) is 0 Å². The number of nitrogens with one attached hydrogen (secondary N) is 1. The molecule has 0 aliphatic rings. The van der Waals surface area contributed by atoms with E-state index in [0.29, 0.717) is 36.5 Å². The van der Waals surface area contributed by atoms with Gasteiger partial charge in [-0.1, -0.05) is 17.7 Å². The number of nitrogens with zero attached hydrogens (tertiary/aromatic N) is 4. The molecule has 5 rings (SSSR count). The number of carbonyl (C=O) groups excluding carboxylic acids is 1. The zero-order valence-electron chi connectivity index (χ0n) is 23.6. The second-order valence-corrected chi connectivity index (χ2v) is 12.3. The van der Waals surface area contributed by atoms with Crippen molar-refractivity contribution in [2.45, 2.75) is 18.0 Å². The van der Waals surface area contributed by atoms with E-state index < -0.39 is 61.2 Å². The molecular formula is C28H20F3N5O8S2. The van der Waals surface area contributed by atoms with Crippen molar-refractivity contribution in [3.05, 3.63) is 109 Å². The Hall–Kier alpha value is -5.36. The molecule has 0 aliphatic heterocycles. The van der Waals surface area contributed by atoms with Gasteiger partial charge in [0.15, 0.2) is 6.61 Å². The molecule has 46 heavy (non-hydrogen) atoms. The van der Waals surface area contributed by atoms with Crippen LogP contribution in [0.2, 0.25) is 0 Å². The summed E-state index contributed by atoms with van der Waals surface area (Å²) < 4.78 is 78.7. The summed E-state index contributed by atoms with van der Waals surface area (Å²) in [6.07, 6.45) is -4.93. The molecule has 18 heteroatoms. The lowest BCUT2D eigenvalue weighted by molar-refractivity contribution is -0.385. The van der Waals surface area contributed by atoms with Crippen LogP contribution in [0.25, 0.3) is 27.0 Å². The lowest BCUT2D eigenvalue weighted by atomic mass is 10.0. The Morgan fingerprint density at radius 1 is 1.09 bits per heavy atom. The Morgan fingerprint density at radius 3 is 2.52 bits per heavy atom. The minimum atomic E-state index is -4.93. The molecule has 13 nitrogen and oxygen atoms in total. The molecule has 0 aliphatic carbocycles. The third-order valence-electron chi connectivity index (χ3n) is 6.66. The number of ether oxygens (including phenoxy) is 1. The number of rotatable bonds is 8. The predicted octanol–water partition coefficient (Wildman–Crippen LogP) is 3.93. The number of sulfonamides is 1. The molecule has 1 amide bonds. The zero-order valence-corrected chi connectivity index (χ0v) is 25.2. The Morgan fingerprint density at radius 2 is 1.83 bits per heavy atom. The molecule has 0 bridgehead atoms. The van der Waals surface area contributed by atoms with Crippen molar-refractivity contribution in [2.75, 3.05) is 6.61 Å². The van der Waals surface area contributed by atoms with Crippen molar-refractivity contribution in [1.29, 1.82) is 0 Å². The summed E-state index contributed by atoms with van der Waals surface area (Å²) in [7, 11) is -3.57. The molecule has 0 saturated heterocycles. The number of hydrogen-bond donors (Lipinski definition) is 1. The summed E-state index contributed by atoms with van der Waals surface area (Å²) in [5.41, 5.74) is -2.93. The molecule has 0 radical (unpaired) electrons. The molecule has 3 aromatic carbocycles. The first-order chi connectivity index (χ1) is 21.6. The molecule has 5 aromatic rings. The van der Waals surface area contributed by atoms with E-state index in [1.54, 1.807) is 23.8 Å². The lowest BCUT2D eigenvalue weighted by Gasteiger charge is -2.14. The van der Waals surface area contributed by atoms with E-state index in [1.165, 1.54) is 24.3 Å². The van der Waals surface area contributed by atoms with Crippen LogP contribution in [0.15, 0.2) is 81.2 Å². The smallest absolute Gasteiger partial charge is 0.431 e. The molecule has 0 atom stereocenters. The van der Waals surface area contributed by atoms with Gasteiger partial charge in [-0.25, -0.2) is 22.5 Å². The quantitative estimate of drug-likeness (QED) is 0.189. The number of non-ortho nitro benzene ring substituents is 1. The van der Waals surface area contributed by atoms with E-state index in [1.807, 2.05) is 0 Å². The fraction of sp³-hybridized carbons (Fsp3) is 0.143. The third-order valence-corrected chi connectivity index (χ3v) is 8.86. The van der Waals surface area contributed by atoms with Crippen LogP contribution in [0.1, 0.15) is 11.3 Å². The van der Waals surface area contributed by atoms with Gasteiger partial charge in [0.05, 0.1) is 25.9 Å². The van der Waals surface area contributed by atoms with Gasteiger partial charge in [0.2, 0.25) is 0 Å². The van der Waals surface area contributed by atoms with Crippen molar-refractivity contribution >= 4 is 43.2 Å². The van der Waals surface area contributed by atoms with Gasteiger partial charge in [0, 0.05) is 36.2 Å². The van der Waals surface area contributed by atoms with E-state index in [9.17, 15) is 46.1 Å². The number of hydrogen-bond acceptors (Lipinski definition) is 10. The second-order valence-electron chi connectivity index (χ2n) is 9.83. The van der Waals surface area contributed by atoms with Crippen LogP contribution >= 0.6 is 11.5 Å². The summed E-state index contributed by atoms with van der Waals surface area (Å²) in [5.74, 6) is -0.977. The number of nitro groups is 1. The van der Waals surface area contributed by atoms with Crippen LogP contribution < -0.4 is 20.7 Å². The summed E-state index contributed by atoms with van der Waals surface area (Å²) in [5, 5.41) is 11.4. The summed E-state index contributed by atoms with van der Waals surface area (Å²) in [4.78, 5) is 47.8. The average molecular weight is 676 g/mol. The molecule has 0 saturated carbocycles. The maximum atomic E-state index is 13.3. The Kier molecular flexibility index (Phi) is 8.26. The number of amides is 1. The number of halogens is 3. The van der Waals surface area contributed by atoms with Crippen molar-refractivity contribution in [3.8, 4) is 22.7 Å². The summed E-state index contributed by atoms with van der Waals surface area (Å²) >= 11 is 1.05. The van der Waals surface area contributed by atoms with Crippen LogP contribution in [0, 0.1) is 17.0 Å². The number of nitro benzene ring substituents is 1. The predicted molar refractivity (Wildman–Crippen MR) is 160 cm³/mol. The molecule has 1 N–H and O–H groups in total. The van der Waals surface area contributed by atoms with Gasteiger partial charge < -0.3 is 4.74 Å². The number of aryl methyl sites for hydroxylation is 1. The van der Waals surface area contributed by atoms with Crippen molar-refractivity contribution < 1.29 is 36.0 Å². The molecule has 0 unspecified atom stereocenters. The zero-order chi connectivity index (χ0) is 33.6. The van der Waals surface area contributed by atoms with Crippen LogP contribution in [-0.4, -0.2) is 39.4 Å². The van der Waals surface area contributed by atoms with Crippen molar-refractivity contribution in [3.63, 3.8) is 0 Å². The first kappa shape index (κ1) is 32.0. The highest BCUT2D eigenvalue weighted by Gasteiger charge is 2.35. The summed E-state index contributed by atoms with van der Waals surface area (Å²) in [6.45, 7) is 0.978. The Labute approximate surface area is 260 Å². The van der Waals surface area contributed by atoms with E-state index in [0.717, 1.165) is 48.4 Å². The molecular weight excluding hydrogens is 655 g/mol. The van der Waals surface area contributed by atoms with Crippen LogP contribution in [0.4, 0.5) is 18.9 Å². The van der Waals surface area contributed by atoms with E-state index >= 15 is 0 Å². The van der Waals surface area contributed by atoms with Gasteiger partial charge >= 0.3 is 11.9 Å². The lowest BCUT2D eigenvalue weighted by Crippen LogP contribution is -2.40. The largest absolute Gasteiger partial charge is 0.483 e. The number of benzene rings is 3. The van der Waals surface area contributed by atoms with Crippen LogP contribution in [0.5, 0.6) is 5.75 Å². The third kappa shape index (κ3) is 6.24. The monoisotopic (exact) mass is 675 g/mol. The number of fused-ring (bicyclic) bond motifs is 1. The first-order valence-corrected chi connectivity index (χ1v) is 15.2. The fourth-order valence-corrected chi connectivity index (χ4v) is 6.28. The Balaban J connectivity index is 1.47. The average Bonchev–Trinajstić information content (AvgIpc) is 3.41. The normalized spacial score (nSPS) is 11.8. The SMILES string of the molecule is Cc1ccc(OCC(=O)NS(=O)(=O)c2cccc([N+](=O)[O-])c2)c(-c2nsc3ccc(-n4c(=O)cc(C(F)(F)F)n(C)c4=O)cc23)c1. The van der Waals surface area contributed by atoms with E-state index in [2.05, 4.69) is 4.37 Å². The highest BCUT2D eigenvalue weighted by molar-refractivity contribution is 7.90. The minimum Gasteiger partial charge on any atom is -0.483 e.